The zero-order valence-corrected chi connectivity index (χ0v) is 19.5. The fourth-order valence-electron chi connectivity index (χ4n) is 4.11. The van der Waals surface area contributed by atoms with Crippen molar-refractivity contribution in [2.45, 2.75) is 19.9 Å². The second kappa shape index (κ2) is 8.29. The van der Waals surface area contributed by atoms with Crippen molar-refractivity contribution in [3.63, 3.8) is 0 Å². The molecule has 2 aromatic rings. The minimum atomic E-state index is -3.83. The van der Waals surface area contributed by atoms with Crippen molar-refractivity contribution in [3.05, 3.63) is 52.0 Å². The second-order valence-electron chi connectivity index (χ2n) is 7.90. The smallest absolute Gasteiger partial charge is 0.254 e. The molecule has 8 nitrogen and oxygen atoms in total. The van der Waals surface area contributed by atoms with Crippen LogP contribution in [0.3, 0.4) is 0 Å². The van der Waals surface area contributed by atoms with Crippen molar-refractivity contribution >= 4 is 39.1 Å². The molecule has 10 heteroatoms. The predicted octanol–water partition coefficient (Wildman–Crippen LogP) is 2.87. The molecule has 0 saturated carbocycles. The van der Waals surface area contributed by atoms with Crippen molar-refractivity contribution in [2.24, 2.45) is 5.92 Å². The van der Waals surface area contributed by atoms with E-state index in [0.717, 1.165) is 15.4 Å². The fourth-order valence-corrected chi connectivity index (χ4v) is 6.19. The zero-order valence-electron chi connectivity index (χ0n) is 17.9. The lowest BCUT2D eigenvalue weighted by Gasteiger charge is -2.30. The largest absolute Gasteiger partial charge is 0.493 e. The number of ether oxygens (including phenoxy) is 2. The van der Waals surface area contributed by atoms with Gasteiger partial charge in [0, 0.05) is 18.7 Å². The lowest BCUT2D eigenvalue weighted by Crippen LogP contribution is -2.36. The van der Waals surface area contributed by atoms with Crippen LogP contribution < -0.4 is 13.8 Å². The lowest BCUT2D eigenvalue weighted by atomic mass is 9.98. The second-order valence-corrected chi connectivity index (χ2v) is 10.2. The van der Waals surface area contributed by atoms with Crippen LogP contribution in [0.1, 0.15) is 28.4 Å². The SMILES string of the molecule is COc1cc2c(cc1OC)CN(C(=O)c1ccc(Cl)c(N3C(=O)C(C)CS3(=O)=O)c1)CC2. The first-order valence-electron chi connectivity index (χ1n) is 10.1. The molecule has 170 valence electrons. The van der Waals surface area contributed by atoms with Crippen LogP contribution in [0, 0.1) is 5.92 Å². The van der Waals surface area contributed by atoms with E-state index in [1.54, 1.807) is 26.0 Å². The molecule has 0 aromatic heterocycles. The van der Waals surface area contributed by atoms with E-state index in [1.165, 1.54) is 18.2 Å². The average molecular weight is 479 g/mol. The lowest BCUT2D eigenvalue weighted by molar-refractivity contribution is -0.119. The summed E-state index contributed by atoms with van der Waals surface area (Å²) in [5.41, 5.74) is 2.29. The quantitative estimate of drug-likeness (QED) is 0.670. The van der Waals surface area contributed by atoms with E-state index in [1.807, 2.05) is 12.1 Å². The van der Waals surface area contributed by atoms with Gasteiger partial charge in [-0.1, -0.05) is 18.5 Å². The van der Waals surface area contributed by atoms with Crippen LogP contribution in [0.2, 0.25) is 5.02 Å². The highest BCUT2D eigenvalue weighted by molar-refractivity contribution is 7.94. The molecule has 2 aliphatic rings. The van der Waals surface area contributed by atoms with Crippen LogP contribution in [0.4, 0.5) is 5.69 Å². The molecule has 1 unspecified atom stereocenters. The fraction of sp³-hybridized carbons (Fsp3) is 0.364. The molecule has 0 N–H and O–H groups in total. The summed E-state index contributed by atoms with van der Waals surface area (Å²) in [6.45, 7) is 2.40. The summed E-state index contributed by atoms with van der Waals surface area (Å²) in [7, 11) is -0.702. The van der Waals surface area contributed by atoms with Gasteiger partial charge in [-0.2, -0.15) is 0 Å². The topological polar surface area (TPSA) is 93.2 Å². The molecule has 1 saturated heterocycles. The third-order valence-electron chi connectivity index (χ3n) is 5.78. The molecule has 1 atom stereocenters. The van der Waals surface area contributed by atoms with E-state index >= 15 is 0 Å². The molecular formula is C22H23ClN2O6S. The summed E-state index contributed by atoms with van der Waals surface area (Å²) in [6.07, 6.45) is 0.637. The molecule has 2 aliphatic heterocycles. The van der Waals surface area contributed by atoms with Gasteiger partial charge in [0.1, 0.15) is 0 Å². The Kier molecular flexibility index (Phi) is 5.81. The van der Waals surface area contributed by atoms with Crippen LogP contribution >= 0.6 is 11.6 Å². The van der Waals surface area contributed by atoms with Gasteiger partial charge in [-0.3, -0.25) is 9.59 Å². The van der Waals surface area contributed by atoms with Crippen molar-refractivity contribution in [1.29, 1.82) is 0 Å². The Morgan fingerprint density at radius 2 is 1.75 bits per heavy atom. The van der Waals surface area contributed by atoms with Gasteiger partial charge < -0.3 is 14.4 Å². The summed E-state index contributed by atoms with van der Waals surface area (Å²) >= 11 is 6.23. The molecule has 0 radical (unpaired) electrons. The van der Waals surface area contributed by atoms with Crippen LogP contribution in [0.15, 0.2) is 30.3 Å². The molecule has 0 spiro atoms. The summed E-state index contributed by atoms with van der Waals surface area (Å²) in [5, 5.41) is 0.0911. The molecule has 1 fully saturated rings. The normalized spacial score (nSPS) is 19.6. The third-order valence-corrected chi connectivity index (χ3v) is 7.95. The number of nitrogens with zero attached hydrogens (tertiary/aromatic N) is 2. The first-order chi connectivity index (χ1) is 15.2. The summed E-state index contributed by atoms with van der Waals surface area (Å²) in [4.78, 5) is 27.4. The number of methoxy groups -OCH3 is 2. The summed E-state index contributed by atoms with van der Waals surface area (Å²) < 4.78 is 36.4. The van der Waals surface area contributed by atoms with Crippen molar-refractivity contribution in [2.75, 3.05) is 30.8 Å². The maximum absolute atomic E-state index is 13.2. The monoisotopic (exact) mass is 478 g/mol. The highest BCUT2D eigenvalue weighted by Crippen LogP contribution is 2.36. The molecule has 2 amide bonds. The first-order valence-corrected chi connectivity index (χ1v) is 12.0. The standard InChI is InChI=1S/C22H23ClN2O6S/c1-13-12-32(28,29)25(21(13)26)18-8-15(4-5-17(18)23)22(27)24-7-6-14-9-19(30-2)20(31-3)10-16(14)11-24/h4-5,8-10,13H,6-7,11-12H2,1-3H3. The number of fused-ring (bicyclic) bond motifs is 1. The Balaban J connectivity index is 1.64. The van der Waals surface area contributed by atoms with E-state index in [2.05, 4.69) is 0 Å². The number of carbonyl (C=O) groups is 2. The van der Waals surface area contributed by atoms with Crippen LogP contribution in [-0.2, 0) is 27.8 Å². The van der Waals surface area contributed by atoms with Crippen molar-refractivity contribution < 1.29 is 27.5 Å². The van der Waals surface area contributed by atoms with Crippen molar-refractivity contribution in [3.8, 4) is 11.5 Å². The number of carbonyl (C=O) groups excluding carboxylic acids is 2. The molecule has 2 heterocycles. The predicted molar refractivity (Wildman–Crippen MR) is 120 cm³/mol. The van der Waals surface area contributed by atoms with E-state index in [0.29, 0.717) is 31.0 Å². The van der Waals surface area contributed by atoms with E-state index in [-0.39, 0.29) is 27.9 Å². The minimum absolute atomic E-state index is 0.00989. The van der Waals surface area contributed by atoms with E-state index < -0.39 is 21.8 Å². The van der Waals surface area contributed by atoms with Gasteiger partial charge in [-0.05, 0) is 47.9 Å². The number of amides is 2. The maximum atomic E-state index is 13.2. The molecular weight excluding hydrogens is 456 g/mol. The summed E-state index contributed by atoms with van der Waals surface area (Å²) in [5.74, 6) is -0.555. The molecule has 2 aromatic carbocycles. The van der Waals surface area contributed by atoms with Gasteiger partial charge >= 0.3 is 0 Å². The molecule has 0 aliphatic carbocycles. The highest BCUT2D eigenvalue weighted by Gasteiger charge is 2.43. The zero-order chi connectivity index (χ0) is 23.2. The van der Waals surface area contributed by atoms with E-state index in [4.69, 9.17) is 21.1 Å². The number of hydrogen-bond acceptors (Lipinski definition) is 6. The Labute approximate surface area is 191 Å². The Bertz CT molecular complexity index is 1210. The number of halogens is 1. The third kappa shape index (κ3) is 3.80. The Hall–Kier alpha value is -2.78. The van der Waals surface area contributed by atoms with E-state index in [9.17, 15) is 18.0 Å². The van der Waals surface area contributed by atoms with Gasteiger partial charge in [-0.25, -0.2) is 12.7 Å². The first kappa shape index (κ1) is 22.4. The van der Waals surface area contributed by atoms with Gasteiger partial charge in [-0.15, -0.1) is 0 Å². The van der Waals surface area contributed by atoms with Gasteiger partial charge in [0.15, 0.2) is 11.5 Å². The number of benzene rings is 2. The van der Waals surface area contributed by atoms with Gasteiger partial charge in [0.2, 0.25) is 15.9 Å². The molecule has 32 heavy (non-hydrogen) atoms. The number of rotatable bonds is 4. The number of sulfonamides is 1. The highest BCUT2D eigenvalue weighted by atomic mass is 35.5. The van der Waals surface area contributed by atoms with Gasteiger partial charge in [0.05, 0.1) is 36.6 Å². The van der Waals surface area contributed by atoms with Crippen LogP contribution in [0.25, 0.3) is 0 Å². The molecule has 0 bridgehead atoms. The van der Waals surface area contributed by atoms with Crippen LogP contribution in [-0.4, -0.2) is 51.6 Å². The Morgan fingerprint density at radius 3 is 2.34 bits per heavy atom. The van der Waals surface area contributed by atoms with Gasteiger partial charge in [0.25, 0.3) is 5.91 Å². The van der Waals surface area contributed by atoms with Crippen molar-refractivity contribution in [1.82, 2.24) is 4.90 Å². The number of anilines is 1. The van der Waals surface area contributed by atoms with Crippen LogP contribution in [0.5, 0.6) is 11.5 Å². The molecule has 4 rings (SSSR count). The Morgan fingerprint density at radius 1 is 1.09 bits per heavy atom. The maximum Gasteiger partial charge on any atom is 0.254 e. The average Bonchev–Trinajstić information content (AvgIpc) is 2.98. The summed E-state index contributed by atoms with van der Waals surface area (Å²) in [6, 6.07) is 8.14. The number of hydrogen-bond donors (Lipinski definition) is 0. The minimum Gasteiger partial charge on any atom is -0.493 e.